The highest BCUT2D eigenvalue weighted by Crippen LogP contribution is 2.30. The highest BCUT2D eigenvalue weighted by Gasteiger charge is 2.21. The Morgan fingerprint density at radius 2 is 2.04 bits per heavy atom. The van der Waals surface area contributed by atoms with Crippen molar-refractivity contribution < 1.29 is 14.3 Å². The van der Waals surface area contributed by atoms with Crippen molar-refractivity contribution in [3.8, 4) is 5.75 Å². The molecule has 7 nitrogen and oxygen atoms in total. The molecule has 0 fully saturated rings. The van der Waals surface area contributed by atoms with Crippen LogP contribution in [0.3, 0.4) is 0 Å². The Morgan fingerprint density at radius 1 is 1.28 bits per heavy atom. The van der Waals surface area contributed by atoms with Crippen molar-refractivity contribution >= 4 is 34.8 Å². The zero-order valence-corrected chi connectivity index (χ0v) is 14.9. The highest BCUT2D eigenvalue weighted by molar-refractivity contribution is 6.39. The van der Waals surface area contributed by atoms with E-state index in [0.717, 1.165) is 0 Å². The Kier molecular flexibility index (Phi) is 5.47. The van der Waals surface area contributed by atoms with Crippen molar-refractivity contribution in [3.05, 3.63) is 57.5 Å². The lowest BCUT2D eigenvalue weighted by Gasteiger charge is -2.21. The van der Waals surface area contributed by atoms with E-state index in [1.807, 2.05) is 0 Å². The third-order valence-electron chi connectivity index (χ3n) is 3.57. The van der Waals surface area contributed by atoms with Crippen molar-refractivity contribution in [2.75, 3.05) is 25.5 Å². The third-order valence-corrected chi connectivity index (χ3v) is 4.20. The molecule has 0 saturated heterocycles. The number of benzene rings is 1. The number of aliphatic imine (C=N–C) groups is 1. The summed E-state index contributed by atoms with van der Waals surface area (Å²) < 4.78 is 5.72. The lowest BCUT2D eigenvalue weighted by Crippen LogP contribution is -2.37. The van der Waals surface area contributed by atoms with E-state index in [-0.39, 0.29) is 6.61 Å². The van der Waals surface area contributed by atoms with Crippen molar-refractivity contribution in [2.45, 2.75) is 6.61 Å². The van der Waals surface area contributed by atoms with Gasteiger partial charge in [-0.2, -0.15) is 4.73 Å². The Labute approximate surface area is 154 Å². The number of hydrogen-bond donors (Lipinski definition) is 1. The van der Waals surface area contributed by atoms with E-state index >= 15 is 0 Å². The molecular weight excluding hydrogens is 367 g/mol. The zero-order valence-electron chi connectivity index (χ0n) is 13.4. The number of rotatable bonds is 5. The summed E-state index contributed by atoms with van der Waals surface area (Å²) >= 11 is 12.3. The second kappa shape index (κ2) is 7.77. The second-order valence-corrected chi connectivity index (χ2v) is 6.00. The van der Waals surface area contributed by atoms with Gasteiger partial charge in [-0.1, -0.05) is 29.3 Å². The molecule has 132 valence electrons. The van der Waals surface area contributed by atoms with Crippen LogP contribution in [0, 0.1) is 5.21 Å². The first-order valence-electron chi connectivity index (χ1n) is 7.50. The van der Waals surface area contributed by atoms with Gasteiger partial charge in [0.1, 0.15) is 0 Å². The van der Waals surface area contributed by atoms with Crippen LogP contribution in [0.25, 0.3) is 0 Å². The molecule has 0 aliphatic carbocycles. The fourth-order valence-corrected chi connectivity index (χ4v) is 2.75. The molecular formula is C16H16Cl2N4O3. The van der Waals surface area contributed by atoms with Crippen LogP contribution in [0.2, 0.25) is 10.0 Å². The molecule has 1 aliphatic heterocycles. The molecule has 0 unspecified atom stereocenters. The number of nitrogens with one attached hydrogen (secondary N) is 1. The molecule has 0 radical (unpaired) electrons. The normalized spacial score (nSPS) is 13.7. The first-order chi connectivity index (χ1) is 12.1. The first kappa shape index (κ1) is 17.6. The van der Waals surface area contributed by atoms with E-state index in [1.165, 1.54) is 13.3 Å². The molecule has 25 heavy (non-hydrogen) atoms. The van der Waals surface area contributed by atoms with Crippen molar-refractivity contribution in [1.29, 1.82) is 0 Å². The van der Waals surface area contributed by atoms with Gasteiger partial charge in [0.05, 0.1) is 35.9 Å². The number of hydrogen-bond acceptors (Lipinski definition) is 6. The first-order valence-corrected chi connectivity index (χ1v) is 8.26. The number of para-hydroxylation sites is 1. The van der Waals surface area contributed by atoms with Crippen molar-refractivity contribution in [3.63, 3.8) is 0 Å². The molecule has 2 heterocycles. The minimum Gasteiger partial charge on any atom is -0.618 e. The fourth-order valence-electron chi connectivity index (χ4n) is 2.26. The standard InChI is InChI=1S/C16H16Cl2N4O3/c1-24-12-6-5-11(21(23)9-12)10-25-22-8-7-19-16(22)20-15-13(17)3-2-4-14(15)18/h2-6,9H,7-8,10H2,1H3,(H,19,20). The molecule has 2 aromatic rings. The van der Waals surface area contributed by atoms with E-state index in [9.17, 15) is 5.21 Å². The number of anilines is 1. The quantitative estimate of drug-likeness (QED) is 0.635. The van der Waals surface area contributed by atoms with E-state index in [1.54, 1.807) is 35.4 Å². The van der Waals surface area contributed by atoms with E-state index in [0.29, 0.717) is 51.0 Å². The summed E-state index contributed by atoms with van der Waals surface area (Å²) in [5, 5.41) is 17.5. The number of aromatic nitrogens is 1. The molecule has 0 atom stereocenters. The van der Waals surface area contributed by atoms with E-state index < -0.39 is 0 Å². The molecule has 3 rings (SSSR count). The Balaban J connectivity index is 1.66. The summed E-state index contributed by atoms with van der Waals surface area (Å²) in [5.41, 5.74) is 1.01. The number of ether oxygens (including phenoxy) is 1. The molecule has 0 spiro atoms. The molecule has 0 amide bonds. The van der Waals surface area contributed by atoms with Gasteiger partial charge in [0.25, 0.3) is 0 Å². The van der Waals surface area contributed by atoms with Crippen LogP contribution < -0.4 is 14.8 Å². The monoisotopic (exact) mass is 382 g/mol. The number of guanidine groups is 1. The number of nitrogens with zero attached hydrogens (tertiary/aromatic N) is 3. The summed E-state index contributed by atoms with van der Waals surface area (Å²) in [4.78, 5) is 10.0. The minimum atomic E-state index is 0.0877. The lowest BCUT2D eigenvalue weighted by atomic mass is 10.3. The van der Waals surface area contributed by atoms with Crippen LogP contribution in [-0.4, -0.2) is 31.2 Å². The van der Waals surface area contributed by atoms with Crippen LogP contribution in [0.5, 0.6) is 5.75 Å². The summed E-state index contributed by atoms with van der Waals surface area (Å²) in [6.45, 7) is 1.20. The minimum absolute atomic E-state index is 0.0877. The van der Waals surface area contributed by atoms with Gasteiger partial charge in [-0.3, -0.25) is 4.84 Å². The maximum Gasteiger partial charge on any atom is 0.223 e. The number of hydroxylamine groups is 2. The Hall–Kier alpha value is -2.22. The van der Waals surface area contributed by atoms with Crippen LogP contribution in [-0.2, 0) is 11.4 Å². The lowest BCUT2D eigenvalue weighted by molar-refractivity contribution is -0.617. The fraction of sp³-hybridized carbons (Fsp3) is 0.250. The van der Waals surface area contributed by atoms with Gasteiger partial charge in [0, 0.05) is 6.07 Å². The maximum atomic E-state index is 11.9. The summed E-state index contributed by atoms with van der Waals surface area (Å²) in [6, 6.07) is 8.57. The van der Waals surface area contributed by atoms with Gasteiger partial charge in [-0.15, -0.1) is 0 Å². The molecule has 1 N–H and O–H groups in total. The second-order valence-electron chi connectivity index (χ2n) is 5.19. The molecule has 0 saturated carbocycles. The topological polar surface area (TPSA) is 73.0 Å². The van der Waals surface area contributed by atoms with Gasteiger partial charge in [0.2, 0.25) is 17.9 Å². The predicted molar refractivity (Wildman–Crippen MR) is 95.8 cm³/mol. The third kappa shape index (κ3) is 4.07. The summed E-state index contributed by atoms with van der Waals surface area (Å²) in [5.74, 6) is 0.971. The number of halogens is 2. The van der Waals surface area contributed by atoms with E-state index in [2.05, 4.69) is 10.3 Å². The van der Waals surface area contributed by atoms with Crippen LogP contribution in [0.4, 0.5) is 5.69 Å². The van der Waals surface area contributed by atoms with Gasteiger partial charge in [-0.05, 0) is 18.2 Å². The highest BCUT2D eigenvalue weighted by atomic mass is 35.5. The van der Waals surface area contributed by atoms with Gasteiger partial charge in [0.15, 0.2) is 12.4 Å². The number of methoxy groups -OCH3 is 1. The van der Waals surface area contributed by atoms with Crippen LogP contribution >= 0.6 is 23.2 Å². The summed E-state index contributed by atoms with van der Waals surface area (Å²) in [6.07, 6.45) is 1.35. The average Bonchev–Trinajstić information content (AvgIpc) is 3.04. The van der Waals surface area contributed by atoms with Gasteiger partial charge >= 0.3 is 0 Å². The average molecular weight is 383 g/mol. The largest absolute Gasteiger partial charge is 0.618 e. The smallest absolute Gasteiger partial charge is 0.223 e. The zero-order chi connectivity index (χ0) is 17.8. The molecule has 1 aliphatic rings. The summed E-state index contributed by atoms with van der Waals surface area (Å²) in [7, 11) is 1.50. The van der Waals surface area contributed by atoms with E-state index in [4.69, 9.17) is 32.8 Å². The SMILES string of the molecule is COc1ccc(CON2CCN=C2Nc2c(Cl)cccc2Cl)[n+]([O-])c1. The van der Waals surface area contributed by atoms with Crippen molar-refractivity contribution in [1.82, 2.24) is 5.06 Å². The predicted octanol–water partition coefficient (Wildman–Crippen LogP) is 2.85. The van der Waals surface area contributed by atoms with Crippen LogP contribution in [0.1, 0.15) is 5.69 Å². The molecule has 0 bridgehead atoms. The Bertz CT molecular complexity index is 781. The van der Waals surface area contributed by atoms with Crippen LogP contribution in [0.15, 0.2) is 41.5 Å². The Morgan fingerprint density at radius 3 is 2.72 bits per heavy atom. The van der Waals surface area contributed by atoms with Crippen molar-refractivity contribution in [2.24, 2.45) is 4.99 Å². The number of pyridine rings is 1. The molecule has 1 aromatic carbocycles. The molecule has 9 heteroatoms. The molecule has 1 aromatic heterocycles. The van der Waals surface area contributed by atoms with Gasteiger partial charge < -0.3 is 15.3 Å². The van der Waals surface area contributed by atoms with Gasteiger partial charge in [-0.25, -0.2) is 10.1 Å². The maximum absolute atomic E-state index is 11.9.